The molecule has 20 heavy (non-hydrogen) atoms. The fourth-order valence-electron chi connectivity index (χ4n) is 1.63. The van der Waals surface area contributed by atoms with Crippen molar-refractivity contribution < 1.29 is 13.2 Å². The minimum Gasteiger partial charge on any atom is -0.322 e. The second kappa shape index (κ2) is 5.85. The van der Waals surface area contributed by atoms with Gasteiger partial charge in [0.05, 0.1) is 4.90 Å². The number of benzene rings is 2. The average molecular weight is 290 g/mol. The maximum atomic E-state index is 12.0. The molecule has 0 saturated heterocycles. The number of hydrogen-bond donors (Lipinski definition) is 2. The van der Waals surface area contributed by atoms with Crippen molar-refractivity contribution in [2.24, 2.45) is 0 Å². The molecule has 0 radical (unpaired) electrons. The number of nitrogens with one attached hydrogen (secondary N) is 2. The lowest BCUT2D eigenvalue weighted by Crippen LogP contribution is -2.19. The van der Waals surface area contributed by atoms with Crippen molar-refractivity contribution in [1.82, 2.24) is 4.72 Å². The largest absolute Gasteiger partial charge is 0.322 e. The Morgan fingerprint density at radius 1 is 0.950 bits per heavy atom. The number of hydrogen-bond acceptors (Lipinski definition) is 3. The van der Waals surface area contributed by atoms with Crippen LogP contribution in [0.5, 0.6) is 0 Å². The number of anilines is 1. The van der Waals surface area contributed by atoms with E-state index < -0.39 is 10.0 Å². The van der Waals surface area contributed by atoms with Gasteiger partial charge in [0.2, 0.25) is 10.0 Å². The maximum absolute atomic E-state index is 12.0. The fraction of sp³-hybridized carbons (Fsp3) is 0.0714. The van der Waals surface area contributed by atoms with Gasteiger partial charge in [0.1, 0.15) is 0 Å². The second-order valence-electron chi connectivity index (χ2n) is 4.05. The molecule has 2 aromatic carbocycles. The zero-order chi connectivity index (χ0) is 14.6. The number of carbonyl (C=O) groups is 1. The molecule has 1 amide bonds. The third-order valence-electron chi connectivity index (χ3n) is 2.73. The van der Waals surface area contributed by atoms with Crippen LogP contribution < -0.4 is 10.0 Å². The van der Waals surface area contributed by atoms with E-state index in [1.54, 1.807) is 12.1 Å². The summed E-state index contributed by atoms with van der Waals surface area (Å²) in [5.74, 6) is -0.287. The predicted molar refractivity (Wildman–Crippen MR) is 77.1 cm³/mol. The zero-order valence-corrected chi connectivity index (χ0v) is 11.6. The molecule has 0 aliphatic carbocycles. The first-order valence-electron chi connectivity index (χ1n) is 5.93. The quantitative estimate of drug-likeness (QED) is 0.902. The molecule has 0 unspecified atom stereocenters. The van der Waals surface area contributed by atoms with Gasteiger partial charge in [-0.1, -0.05) is 18.2 Å². The predicted octanol–water partition coefficient (Wildman–Crippen LogP) is 1.85. The topological polar surface area (TPSA) is 75.3 Å². The first-order chi connectivity index (χ1) is 9.53. The zero-order valence-electron chi connectivity index (χ0n) is 10.8. The molecule has 104 valence electrons. The summed E-state index contributed by atoms with van der Waals surface area (Å²) in [6.45, 7) is 0. The number of carbonyl (C=O) groups excluding carboxylic acids is 1. The Morgan fingerprint density at radius 3 is 2.10 bits per heavy atom. The summed E-state index contributed by atoms with van der Waals surface area (Å²) in [5.41, 5.74) is 1.08. The highest BCUT2D eigenvalue weighted by Gasteiger charge is 2.12. The summed E-state index contributed by atoms with van der Waals surface area (Å²) in [5, 5.41) is 2.73. The molecule has 2 aromatic rings. The molecule has 0 aromatic heterocycles. The standard InChI is InChI=1S/C14H14N2O3S/c1-15-20(18,19)13-9-7-11(8-10-13)14(17)16-12-5-3-2-4-6-12/h2-10,15H,1H3,(H,16,17). The van der Waals surface area contributed by atoms with Crippen molar-refractivity contribution >= 4 is 21.6 Å². The third-order valence-corrected chi connectivity index (χ3v) is 4.16. The molecule has 0 heterocycles. The average Bonchev–Trinajstić information content (AvgIpc) is 2.48. The van der Waals surface area contributed by atoms with E-state index in [0.717, 1.165) is 0 Å². The van der Waals surface area contributed by atoms with Gasteiger partial charge < -0.3 is 5.32 Å². The molecule has 0 fully saturated rings. The Bertz CT molecular complexity index is 695. The van der Waals surface area contributed by atoms with Gasteiger partial charge in [0, 0.05) is 11.3 Å². The van der Waals surface area contributed by atoms with Crippen LogP contribution in [0.3, 0.4) is 0 Å². The number of para-hydroxylation sites is 1. The number of sulfonamides is 1. The van der Waals surface area contributed by atoms with E-state index in [-0.39, 0.29) is 10.8 Å². The van der Waals surface area contributed by atoms with E-state index in [1.807, 2.05) is 18.2 Å². The minimum absolute atomic E-state index is 0.122. The molecule has 2 rings (SSSR count). The van der Waals surface area contributed by atoms with Crippen molar-refractivity contribution in [2.45, 2.75) is 4.90 Å². The Morgan fingerprint density at radius 2 is 1.55 bits per heavy atom. The SMILES string of the molecule is CNS(=O)(=O)c1ccc(C(=O)Nc2ccccc2)cc1. The van der Waals surface area contributed by atoms with Gasteiger partial charge in [-0.3, -0.25) is 4.79 Å². The molecule has 0 saturated carbocycles. The molecule has 0 spiro atoms. The molecule has 5 nitrogen and oxygen atoms in total. The lowest BCUT2D eigenvalue weighted by Gasteiger charge is -2.06. The smallest absolute Gasteiger partial charge is 0.255 e. The monoisotopic (exact) mass is 290 g/mol. The third kappa shape index (κ3) is 3.23. The number of amides is 1. The van der Waals surface area contributed by atoms with Crippen molar-refractivity contribution in [3.8, 4) is 0 Å². The normalized spacial score (nSPS) is 11.1. The van der Waals surface area contributed by atoms with Crippen LogP contribution in [0.4, 0.5) is 5.69 Å². The van der Waals surface area contributed by atoms with E-state index >= 15 is 0 Å². The Balaban J connectivity index is 2.16. The lowest BCUT2D eigenvalue weighted by atomic mass is 10.2. The maximum Gasteiger partial charge on any atom is 0.255 e. The van der Waals surface area contributed by atoms with Crippen molar-refractivity contribution in [3.05, 3.63) is 60.2 Å². The Labute approximate surface area is 117 Å². The van der Waals surface area contributed by atoms with Gasteiger partial charge in [0.25, 0.3) is 5.91 Å². The molecule has 0 aliphatic rings. The molecule has 6 heteroatoms. The van der Waals surface area contributed by atoms with E-state index in [1.165, 1.54) is 31.3 Å². The molecular weight excluding hydrogens is 276 g/mol. The van der Waals surface area contributed by atoms with Crippen LogP contribution in [-0.2, 0) is 10.0 Å². The van der Waals surface area contributed by atoms with Crippen LogP contribution >= 0.6 is 0 Å². The summed E-state index contributed by atoms with van der Waals surface area (Å²) in [6, 6.07) is 14.8. The minimum atomic E-state index is -3.48. The van der Waals surface area contributed by atoms with Gasteiger partial charge in [-0.2, -0.15) is 0 Å². The lowest BCUT2D eigenvalue weighted by molar-refractivity contribution is 0.102. The highest BCUT2D eigenvalue weighted by atomic mass is 32.2. The molecule has 0 atom stereocenters. The van der Waals surface area contributed by atoms with E-state index in [2.05, 4.69) is 10.0 Å². The van der Waals surface area contributed by atoms with Crippen LogP contribution in [0.15, 0.2) is 59.5 Å². The summed E-state index contributed by atoms with van der Waals surface area (Å²) < 4.78 is 25.3. The van der Waals surface area contributed by atoms with Crippen LogP contribution in [0.1, 0.15) is 10.4 Å². The van der Waals surface area contributed by atoms with Gasteiger partial charge in [-0.25, -0.2) is 13.1 Å². The van der Waals surface area contributed by atoms with E-state index in [4.69, 9.17) is 0 Å². The highest BCUT2D eigenvalue weighted by Crippen LogP contribution is 2.12. The Hall–Kier alpha value is -2.18. The molecule has 2 N–H and O–H groups in total. The first kappa shape index (κ1) is 14.2. The summed E-state index contributed by atoms with van der Waals surface area (Å²) in [4.78, 5) is 12.1. The summed E-state index contributed by atoms with van der Waals surface area (Å²) in [7, 11) is -2.14. The van der Waals surface area contributed by atoms with Crippen LogP contribution in [-0.4, -0.2) is 21.4 Å². The van der Waals surface area contributed by atoms with Gasteiger partial charge in [0.15, 0.2) is 0 Å². The number of rotatable bonds is 4. The van der Waals surface area contributed by atoms with Crippen LogP contribution in [0, 0.1) is 0 Å². The van der Waals surface area contributed by atoms with Crippen molar-refractivity contribution in [3.63, 3.8) is 0 Å². The van der Waals surface area contributed by atoms with Gasteiger partial charge >= 0.3 is 0 Å². The molecular formula is C14H14N2O3S. The Kier molecular flexibility index (Phi) is 4.16. The van der Waals surface area contributed by atoms with Gasteiger partial charge in [-0.15, -0.1) is 0 Å². The van der Waals surface area contributed by atoms with Crippen molar-refractivity contribution in [2.75, 3.05) is 12.4 Å². The highest BCUT2D eigenvalue weighted by molar-refractivity contribution is 7.89. The van der Waals surface area contributed by atoms with E-state index in [9.17, 15) is 13.2 Å². The first-order valence-corrected chi connectivity index (χ1v) is 7.41. The van der Waals surface area contributed by atoms with Gasteiger partial charge in [-0.05, 0) is 43.4 Å². The summed E-state index contributed by atoms with van der Waals surface area (Å²) >= 11 is 0. The van der Waals surface area contributed by atoms with Crippen molar-refractivity contribution in [1.29, 1.82) is 0 Å². The fourth-order valence-corrected chi connectivity index (χ4v) is 2.36. The summed E-state index contributed by atoms with van der Waals surface area (Å²) in [6.07, 6.45) is 0. The second-order valence-corrected chi connectivity index (χ2v) is 5.94. The molecule has 0 aliphatic heterocycles. The van der Waals surface area contributed by atoms with Crippen LogP contribution in [0.25, 0.3) is 0 Å². The van der Waals surface area contributed by atoms with E-state index in [0.29, 0.717) is 11.3 Å². The van der Waals surface area contributed by atoms with Crippen LogP contribution in [0.2, 0.25) is 0 Å². The molecule has 0 bridgehead atoms.